The molecule has 0 aliphatic carbocycles. The summed E-state index contributed by atoms with van der Waals surface area (Å²) in [4.78, 5) is 29.4. The quantitative estimate of drug-likeness (QED) is 0.364. The predicted molar refractivity (Wildman–Crippen MR) is 109 cm³/mol. The number of amides is 1. The van der Waals surface area contributed by atoms with Gasteiger partial charge in [0.2, 0.25) is 0 Å². The molecule has 2 aromatic carbocycles. The first-order valence-electron chi connectivity index (χ1n) is 7.75. The molecular weight excluding hydrogens is 450 g/mol. The molecule has 0 bridgehead atoms. The third-order valence-corrected chi connectivity index (χ3v) is 4.73. The van der Waals surface area contributed by atoms with Gasteiger partial charge < -0.3 is 14.9 Å². The summed E-state index contributed by atoms with van der Waals surface area (Å²) >= 11 is 23.9. The van der Waals surface area contributed by atoms with Gasteiger partial charge in [-0.3, -0.25) is 4.79 Å². The fraction of sp³-hybridized carbons (Fsp3) is 0.167. The van der Waals surface area contributed by atoms with Crippen LogP contribution >= 0.6 is 46.4 Å². The molecule has 1 N–H and O–H groups in total. The molecule has 0 fully saturated rings. The molecule has 0 saturated heterocycles. The Morgan fingerprint density at radius 2 is 1.79 bits per heavy atom. The summed E-state index contributed by atoms with van der Waals surface area (Å²) in [5, 5.41) is 7.47. The van der Waals surface area contributed by atoms with Gasteiger partial charge in [-0.2, -0.15) is 0 Å². The maximum atomic E-state index is 12.4. The number of benzene rings is 2. The van der Waals surface area contributed by atoms with Crippen LogP contribution in [0.25, 0.3) is 0 Å². The molecule has 0 radical (unpaired) electrons. The zero-order valence-corrected chi connectivity index (χ0v) is 17.4. The maximum absolute atomic E-state index is 12.4. The summed E-state index contributed by atoms with van der Waals surface area (Å²) in [5.41, 5.74) is 0.673. The third kappa shape index (κ3) is 6.01. The highest BCUT2D eigenvalue weighted by molar-refractivity contribution is 6.37. The van der Waals surface area contributed by atoms with Crippen molar-refractivity contribution in [1.29, 1.82) is 0 Å². The second-order valence-corrected chi connectivity index (χ2v) is 6.98. The number of hydrogen-bond donors (Lipinski definition) is 1. The molecule has 148 valence electrons. The van der Waals surface area contributed by atoms with Crippen LogP contribution in [-0.2, 0) is 21.0 Å². The lowest BCUT2D eigenvalue weighted by molar-refractivity contribution is -0.140. The number of nitrogens with one attached hydrogen (secondary N) is 1. The van der Waals surface area contributed by atoms with Crippen LogP contribution < -0.4 is 5.32 Å². The van der Waals surface area contributed by atoms with Gasteiger partial charge in [0.05, 0.1) is 23.9 Å². The molecule has 1 amide bonds. The van der Waals surface area contributed by atoms with Crippen LogP contribution in [-0.4, -0.2) is 31.2 Å². The van der Waals surface area contributed by atoms with E-state index >= 15 is 0 Å². The van der Waals surface area contributed by atoms with Crippen LogP contribution in [0.15, 0.2) is 41.6 Å². The van der Waals surface area contributed by atoms with Crippen molar-refractivity contribution in [2.75, 3.05) is 7.11 Å². The van der Waals surface area contributed by atoms with E-state index in [4.69, 9.17) is 51.2 Å². The molecule has 2 aromatic rings. The summed E-state index contributed by atoms with van der Waals surface area (Å²) in [6.45, 7) is -0.0279. The van der Waals surface area contributed by atoms with Crippen molar-refractivity contribution in [2.24, 2.45) is 5.16 Å². The minimum atomic E-state index is -1.20. The van der Waals surface area contributed by atoms with Crippen molar-refractivity contribution in [3.63, 3.8) is 0 Å². The molecule has 0 aliphatic rings. The van der Waals surface area contributed by atoms with Crippen molar-refractivity contribution in [3.05, 3.63) is 67.6 Å². The number of halogens is 4. The van der Waals surface area contributed by atoms with Gasteiger partial charge in [-0.05, 0) is 30.3 Å². The van der Waals surface area contributed by atoms with Gasteiger partial charge in [0.25, 0.3) is 5.91 Å². The second kappa shape index (κ2) is 10.5. The van der Waals surface area contributed by atoms with E-state index in [1.165, 1.54) is 25.3 Å². The van der Waals surface area contributed by atoms with E-state index in [1.54, 1.807) is 18.2 Å². The minimum Gasteiger partial charge on any atom is -0.467 e. The molecule has 0 spiro atoms. The average Bonchev–Trinajstić information content (AvgIpc) is 2.65. The van der Waals surface area contributed by atoms with Crippen molar-refractivity contribution >= 4 is 64.5 Å². The molecule has 6 nitrogen and oxygen atoms in total. The average molecular weight is 464 g/mol. The maximum Gasteiger partial charge on any atom is 0.334 e. The molecule has 0 unspecified atom stereocenters. The molecular formula is C18H14Cl4N2O4. The topological polar surface area (TPSA) is 77.0 Å². The first kappa shape index (κ1) is 22.3. The lowest BCUT2D eigenvalue weighted by Gasteiger charge is -2.13. The smallest absolute Gasteiger partial charge is 0.334 e. The van der Waals surface area contributed by atoms with E-state index in [1.807, 2.05) is 0 Å². The lowest BCUT2D eigenvalue weighted by atomic mass is 10.2. The Hall–Kier alpha value is -1.99. The van der Waals surface area contributed by atoms with Crippen LogP contribution in [0.4, 0.5) is 0 Å². The first-order valence-corrected chi connectivity index (χ1v) is 9.26. The van der Waals surface area contributed by atoms with Gasteiger partial charge in [-0.1, -0.05) is 57.6 Å². The highest BCUT2D eigenvalue weighted by Crippen LogP contribution is 2.25. The normalized spacial score (nSPS) is 11.9. The number of carbonyl (C=O) groups is 2. The Morgan fingerprint density at radius 3 is 2.39 bits per heavy atom. The molecule has 1 atom stereocenters. The van der Waals surface area contributed by atoms with Crippen LogP contribution in [0.1, 0.15) is 15.9 Å². The number of ether oxygens (including phenoxy) is 1. The van der Waals surface area contributed by atoms with Gasteiger partial charge in [0.15, 0.2) is 6.04 Å². The van der Waals surface area contributed by atoms with Crippen LogP contribution in [0.2, 0.25) is 20.1 Å². The van der Waals surface area contributed by atoms with E-state index in [0.717, 1.165) is 6.21 Å². The van der Waals surface area contributed by atoms with Gasteiger partial charge in [-0.15, -0.1) is 0 Å². The molecule has 0 aliphatic heterocycles. The zero-order chi connectivity index (χ0) is 20.7. The summed E-state index contributed by atoms with van der Waals surface area (Å²) in [5.74, 6) is -1.36. The number of hydrogen-bond acceptors (Lipinski definition) is 5. The van der Waals surface area contributed by atoms with E-state index in [2.05, 4.69) is 15.2 Å². The number of nitrogens with zero attached hydrogens (tertiary/aromatic N) is 1. The largest absolute Gasteiger partial charge is 0.467 e. The van der Waals surface area contributed by atoms with Gasteiger partial charge in [0, 0.05) is 20.6 Å². The van der Waals surface area contributed by atoms with E-state index in [-0.39, 0.29) is 17.2 Å². The van der Waals surface area contributed by atoms with Crippen LogP contribution in [0, 0.1) is 0 Å². The lowest BCUT2D eigenvalue weighted by Crippen LogP contribution is -2.42. The number of oxime groups is 1. The monoisotopic (exact) mass is 462 g/mol. The van der Waals surface area contributed by atoms with Crippen LogP contribution in [0.3, 0.4) is 0 Å². The summed E-state index contributed by atoms with van der Waals surface area (Å²) in [6, 6.07) is 8.15. The molecule has 28 heavy (non-hydrogen) atoms. The third-order valence-electron chi connectivity index (χ3n) is 3.47. The second-order valence-electron chi connectivity index (χ2n) is 5.33. The Balaban J connectivity index is 2.06. The number of rotatable bonds is 7. The van der Waals surface area contributed by atoms with Crippen molar-refractivity contribution in [3.8, 4) is 0 Å². The molecule has 10 heteroatoms. The predicted octanol–water partition coefficient (Wildman–Crippen LogP) is 4.77. The van der Waals surface area contributed by atoms with E-state index < -0.39 is 17.9 Å². The molecule has 0 heterocycles. The van der Waals surface area contributed by atoms with E-state index in [9.17, 15) is 9.59 Å². The first-order chi connectivity index (χ1) is 13.3. The molecule has 2 rings (SSSR count). The van der Waals surface area contributed by atoms with Crippen molar-refractivity contribution < 1.29 is 19.2 Å². The summed E-state index contributed by atoms with van der Waals surface area (Å²) in [6.07, 6.45) is 1.08. The number of carbonyl (C=O) groups excluding carboxylic acids is 2. The van der Waals surface area contributed by atoms with Gasteiger partial charge >= 0.3 is 5.97 Å². The number of esters is 1. The van der Waals surface area contributed by atoms with Gasteiger partial charge in [0.1, 0.15) is 6.61 Å². The highest BCUT2D eigenvalue weighted by atomic mass is 35.5. The van der Waals surface area contributed by atoms with Crippen molar-refractivity contribution in [1.82, 2.24) is 5.32 Å². The van der Waals surface area contributed by atoms with Crippen molar-refractivity contribution in [2.45, 2.75) is 12.6 Å². The molecule has 0 saturated carbocycles. The standard InChI is InChI=1S/C18H14Cl4N2O4/c1-27-18(26)16(24-17(25)11-6-5-10(19)7-15(11)22)8-23-28-9-12-13(20)3-2-4-14(12)21/h2-8,16H,9H2,1H3,(H,24,25)/b23-8-/t16-/m0/s1. The minimum absolute atomic E-state index is 0.0279. The van der Waals surface area contributed by atoms with Crippen LogP contribution in [0.5, 0.6) is 0 Å². The summed E-state index contributed by atoms with van der Waals surface area (Å²) in [7, 11) is 1.18. The Bertz CT molecular complexity index is 885. The highest BCUT2D eigenvalue weighted by Gasteiger charge is 2.22. The fourth-order valence-electron chi connectivity index (χ4n) is 2.05. The fourth-order valence-corrected chi connectivity index (χ4v) is 3.05. The summed E-state index contributed by atoms with van der Waals surface area (Å²) < 4.78 is 4.66. The number of methoxy groups -OCH3 is 1. The molecule has 0 aromatic heterocycles. The van der Waals surface area contributed by atoms with Gasteiger partial charge in [-0.25, -0.2) is 4.79 Å². The SMILES string of the molecule is COC(=O)[C@H](/C=N\OCc1c(Cl)cccc1Cl)NC(=O)c1ccc(Cl)cc1Cl. The Labute approximate surface area is 181 Å². The zero-order valence-electron chi connectivity index (χ0n) is 14.4. The Kier molecular flexibility index (Phi) is 8.38. The Morgan fingerprint density at radius 1 is 1.11 bits per heavy atom. The van der Waals surface area contributed by atoms with E-state index in [0.29, 0.717) is 20.6 Å².